The van der Waals surface area contributed by atoms with E-state index in [0.717, 1.165) is 24.1 Å². The van der Waals surface area contributed by atoms with Gasteiger partial charge in [-0.1, -0.05) is 6.07 Å². The van der Waals surface area contributed by atoms with Gasteiger partial charge in [0.1, 0.15) is 5.75 Å². The van der Waals surface area contributed by atoms with E-state index in [1.165, 1.54) is 5.56 Å². The van der Waals surface area contributed by atoms with Gasteiger partial charge in [-0.05, 0) is 30.5 Å². The lowest BCUT2D eigenvalue weighted by molar-refractivity contribution is 0.437. The van der Waals surface area contributed by atoms with E-state index in [9.17, 15) is 5.11 Å². The molecule has 0 bridgehead atoms. The number of phenols is 1. The van der Waals surface area contributed by atoms with Crippen LogP contribution in [0.5, 0.6) is 5.75 Å². The summed E-state index contributed by atoms with van der Waals surface area (Å²) in [6, 6.07) is 5.50. The second-order valence-electron chi connectivity index (χ2n) is 3.74. The monoisotopic (exact) mass is 190 g/mol. The van der Waals surface area contributed by atoms with Gasteiger partial charge < -0.3 is 10.1 Å². The molecule has 0 amide bonds. The van der Waals surface area contributed by atoms with Crippen LogP contribution >= 0.6 is 0 Å². The summed E-state index contributed by atoms with van der Waals surface area (Å²) in [5.74, 6) is 0.317. The van der Waals surface area contributed by atoms with Crippen molar-refractivity contribution >= 4 is 5.71 Å². The first-order valence-corrected chi connectivity index (χ1v) is 4.74. The summed E-state index contributed by atoms with van der Waals surface area (Å²) in [5.41, 5.74) is 3.45. The van der Waals surface area contributed by atoms with Gasteiger partial charge in [-0.25, -0.2) is 0 Å². The van der Waals surface area contributed by atoms with Gasteiger partial charge in [0.25, 0.3) is 0 Å². The van der Waals surface area contributed by atoms with Crippen LogP contribution in [0.15, 0.2) is 23.3 Å². The number of hydrazone groups is 1. The summed E-state index contributed by atoms with van der Waals surface area (Å²) < 4.78 is 0. The Hall–Kier alpha value is -1.51. The van der Waals surface area contributed by atoms with Crippen molar-refractivity contribution in [2.24, 2.45) is 5.10 Å². The van der Waals surface area contributed by atoms with Gasteiger partial charge in [0.05, 0.1) is 5.71 Å². The van der Waals surface area contributed by atoms with Crippen LogP contribution < -0.4 is 0 Å². The minimum Gasteiger partial charge on any atom is -0.508 e. The van der Waals surface area contributed by atoms with Gasteiger partial charge >= 0.3 is 0 Å². The molecule has 1 aromatic carbocycles. The van der Waals surface area contributed by atoms with Crippen LogP contribution in [0.25, 0.3) is 0 Å². The maximum atomic E-state index is 9.38. The third-order valence-corrected chi connectivity index (χ3v) is 2.36. The van der Waals surface area contributed by atoms with Gasteiger partial charge in [0.15, 0.2) is 0 Å². The first-order valence-electron chi connectivity index (χ1n) is 4.74. The number of phenolic OH excluding ortho intramolecular Hbond substituents is 1. The van der Waals surface area contributed by atoms with Gasteiger partial charge in [-0.2, -0.15) is 5.10 Å². The molecular formula is C11H14N2O. The summed E-state index contributed by atoms with van der Waals surface area (Å²) in [5, 5.41) is 15.6. The lowest BCUT2D eigenvalue weighted by Gasteiger charge is -2.07. The fourth-order valence-electron chi connectivity index (χ4n) is 1.78. The Bertz CT molecular complexity index is 383. The zero-order chi connectivity index (χ0) is 10.1. The molecule has 1 aromatic rings. The highest BCUT2D eigenvalue weighted by molar-refractivity contribution is 6.04. The van der Waals surface area contributed by atoms with E-state index in [4.69, 9.17) is 0 Å². The first-order chi connectivity index (χ1) is 6.66. The molecule has 0 aliphatic heterocycles. The van der Waals surface area contributed by atoms with Crippen molar-refractivity contribution in [2.45, 2.75) is 12.8 Å². The van der Waals surface area contributed by atoms with E-state index in [-0.39, 0.29) is 0 Å². The summed E-state index contributed by atoms with van der Waals surface area (Å²) in [4.78, 5) is 0. The summed E-state index contributed by atoms with van der Waals surface area (Å²) in [7, 11) is 3.82. The molecule has 1 aliphatic carbocycles. The Morgan fingerprint density at radius 2 is 2.07 bits per heavy atom. The maximum Gasteiger partial charge on any atom is 0.116 e. The van der Waals surface area contributed by atoms with Crippen LogP contribution in [-0.4, -0.2) is 29.9 Å². The third kappa shape index (κ3) is 1.58. The molecule has 3 nitrogen and oxygen atoms in total. The molecule has 0 spiro atoms. The summed E-state index contributed by atoms with van der Waals surface area (Å²) in [6.07, 6.45) is 2.00. The number of nitrogens with zero attached hydrogens (tertiary/aromatic N) is 2. The van der Waals surface area contributed by atoms with Gasteiger partial charge in [-0.3, -0.25) is 0 Å². The van der Waals surface area contributed by atoms with E-state index in [1.54, 1.807) is 17.1 Å². The van der Waals surface area contributed by atoms with Crippen molar-refractivity contribution < 1.29 is 5.11 Å². The number of benzene rings is 1. The highest BCUT2D eigenvalue weighted by atomic mass is 16.3. The Morgan fingerprint density at radius 1 is 1.29 bits per heavy atom. The normalized spacial score (nSPS) is 17.1. The Balaban J connectivity index is 2.43. The zero-order valence-electron chi connectivity index (χ0n) is 8.49. The molecule has 74 valence electrons. The number of fused-ring (bicyclic) bond motifs is 1. The van der Waals surface area contributed by atoms with E-state index >= 15 is 0 Å². The van der Waals surface area contributed by atoms with Crippen molar-refractivity contribution in [3.05, 3.63) is 29.3 Å². The number of hydrogen-bond donors (Lipinski definition) is 1. The van der Waals surface area contributed by atoms with E-state index < -0.39 is 0 Å². The van der Waals surface area contributed by atoms with Crippen molar-refractivity contribution in [1.29, 1.82) is 0 Å². The third-order valence-electron chi connectivity index (χ3n) is 2.36. The molecule has 0 radical (unpaired) electrons. The molecule has 0 saturated carbocycles. The maximum absolute atomic E-state index is 9.38. The highest BCUT2D eigenvalue weighted by Crippen LogP contribution is 2.26. The van der Waals surface area contributed by atoms with Crippen LogP contribution in [0, 0.1) is 0 Å². The van der Waals surface area contributed by atoms with Crippen molar-refractivity contribution in [1.82, 2.24) is 5.01 Å². The lowest BCUT2D eigenvalue weighted by Crippen LogP contribution is -2.07. The Morgan fingerprint density at radius 3 is 2.79 bits per heavy atom. The first kappa shape index (κ1) is 9.06. The number of aryl methyl sites for hydroxylation is 1. The second kappa shape index (κ2) is 3.33. The number of hydrogen-bond acceptors (Lipinski definition) is 3. The van der Waals surface area contributed by atoms with Gasteiger partial charge in [-0.15, -0.1) is 0 Å². The molecule has 0 saturated heterocycles. The van der Waals surface area contributed by atoms with Crippen LogP contribution in [0.3, 0.4) is 0 Å². The Kier molecular flexibility index (Phi) is 2.15. The average molecular weight is 190 g/mol. The average Bonchev–Trinajstić information content (AvgIpc) is 2.47. The smallest absolute Gasteiger partial charge is 0.116 e. The minimum atomic E-state index is 0.317. The Labute approximate surface area is 83.7 Å². The van der Waals surface area contributed by atoms with Crippen LogP contribution in [-0.2, 0) is 6.42 Å². The van der Waals surface area contributed by atoms with Gasteiger partial charge in [0, 0.05) is 19.7 Å². The summed E-state index contributed by atoms with van der Waals surface area (Å²) in [6.45, 7) is 0. The van der Waals surface area contributed by atoms with Crippen molar-refractivity contribution in [2.75, 3.05) is 14.1 Å². The number of aromatic hydroxyl groups is 1. The molecule has 1 aliphatic rings. The van der Waals surface area contributed by atoms with E-state index in [1.807, 2.05) is 20.2 Å². The highest BCUT2D eigenvalue weighted by Gasteiger charge is 2.18. The molecule has 0 unspecified atom stereocenters. The van der Waals surface area contributed by atoms with Crippen LogP contribution in [0.1, 0.15) is 17.5 Å². The predicted octanol–water partition coefficient (Wildman–Crippen LogP) is 1.60. The fourth-order valence-corrected chi connectivity index (χ4v) is 1.78. The van der Waals surface area contributed by atoms with E-state index in [0.29, 0.717) is 5.75 Å². The predicted molar refractivity (Wildman–Crippen MR) is 56.7 cm³/mol. The minimum absolute atomic E-state index is 0.317. The SMILES string of the molecule is CN(C)N=C1CCc2ccc(O)cc21. The molecule has 0 aromatic heterocycles. The summed E-state index contributed by atoms with van der Waals surface area (Å²) >= 11 is 0. The van der Waals surface area contributed by atoms with E-state index in [2.05, 4.69) is 5.10 Å². The molecule has 0 heterocycles. The second-order valence-corrected chi connectivity index (χ2v) is 3.74. The molecule has 0 fully saturated rings. The molecule has 1 N–H and O–H groups in total. The van der Waals surface area contributed by atoms with Crippen LogP contribution in [0.2, 0.25) is 0 Å². The fraction of sp³-hybridized carbons (Fsp3) is 0.364. The van der Waals surface area contributed by atoms with Crippen molar-refractivity contribution in [3.8, 4) is 5.75 Å². The van der Waals surface area contributed by atoms with Gasteiger partial charge in [0.2, 0.25) is 0 Å². The molecule has 0 atom stereocenters. The quantitative estimate of drug-likeness (QED) is 0.683. The largest absolute Gasteiger partial charge is 0.508 e. The standard InChI is InChI=1S/C11H14N2O/c1-13(2)12-11-6-4-8-3-5-9(14)7-10(8)11/h3,5,7,14H,4,6H2,1-2H3. The topological polar surface area (TPSA) is 35.8 Å². The molecule has 3 heteroatoms. The molecular weight excluding hydrogens is 176 g/mol. The zero-order valence-corrected chi connectivity index (χ0v) is 8.49. The molecule has 14 heavy (non-hydrogen) atoms. The van der Waals surface area contributed by atoms with Crippen LogP contribution in [0.4, 0.5) is 0 Å². The number of rotatable bonds is 1. The molecule has 2 rings (SSSR count). The lowest BCUT2D eigenvalue weighted by atomic mass is 10.1. The van der Waals surface area contributed by atoms with Crippen molar-refractivity contribution in [3.63, 3.8) is 0 Å².